The Bertz CT molecular complexity index is 3910. The van der Waals surface area contributed by atoms with Gasteiger partial charge in [0.2, 0.25) is 0 Å². The van der Waals surface area contributed by atoms with E-state index in [0.29, 0.717) is 11.8 Å². The van der Waals surface area contributed by atoms with Crippen LogP contribution < -0.4 is 9.80 Å². The third-order valence-corrected chi connectivity index (χ3v) is 18.0. The number of nitrogens with zero attached hydrogens (tertiary/aromatic N) is 2. The first kappa shape index (κ1) is 44.4. The molecule has 2 heterocycles. The van der Waals surface area contributed by atoms with E-state index in [2.05, 4.69) is 218 Å². The molecule has 3 aliphatic carbocycles. The summed E-state index contributed by atoms with van der Waals surface area (Å²) in [5, 5.41) is 9.95. The summed E-state index contributed by atoms with van der Waals surface area (Å²) in [6, 6.07) is 72.7. The number of furan rings is 2. The monoisotopic (exact) mass is 972 g/mol. The minimum Gasteiger partial charge on any atom is -0.454 e. The highest BCUT2D eigenvalue weighted by Crippen LogP contribution is 2.65. The molecule has 0 atom stereocenters. The molecule has 0 spiro atoms. The zero-order chi connectivity index (χ0) is 49.8. The summed E-state index contributed by atoms with van der Waals surface area (Å²) in [5.74, 6) is 1.10. The topological polar surface area (TPSA) is 32.8 Å². The number of hydrogen-bond acceptors (Lipinski definition) is 4. The molecule has 0 radical (unpaired) electrons. The van der Waals surface area contributed by atoms with E-state index in [9.17, 15) is 0 Å². The van der Waals surface area contributed by atoms with E-state index < -0.39 is 0 Å². The Morgan fingerprint density at radius 3 is 1.20 bits per heavy atom. The molecule has 15 rings (SSSR count). The van der Waals surface area contributed by atoms with E-state index >= 15 is 0 Å². The van der Waals surface area contributed by atoms with Gasteiger partial charge in [0.25, 0.3) is 0 Å². The van der Waals surface area contributed by atoms with E-state index in [1.54, 1.807) is 11.1 Å². The van der Waals surface area contributed by atoms with Crippen LogP contribution in [0.15, 0.2) is 203 Å². The van der Waals surface area contributed by atoms with Crippen LogP contribution in [0.25, 0.3) is 76.5 Å². The van der Waals surface area contributed by atoms with Crippen LogP contribution in [0, 0.1) is 25.7 Å². The summed E-state index contributed by atoms with van der Waals surface area (Å²) in [7, 11) is 0. The number of anilines is 6. The maximum atomic E-state index is 6.76. The van der Waals surface area contributed by atoms with Crippen molar-refractivity contribution in [1.29, 1.82) is 0 Å². The molecule has 4 nitrogen and oxygen atoms in total. The van der Waals surface area contributed by atoms with Gasteiger partial charge in [-0.3, -0.25) is 0 Å². The van der Waals surface area contributed by atoms with Gasteiger partial charge in [-0.25, -0.2) is 0 Å². The Kier molecular flexibility index (Phi) is 10.4. The van der Waals surface area contributed by atoms with Gasteiger partial charge in [0, 0.05) is 49.7 Å². The number of rotatable bonds is 8. The first-order valence-electron chi connectivity index (χ1n) is 27.7. The van der Waals surface area contributed by atoms with E-state index in [1.807, 2.05) is 0 Å². The van der Waals surface area contributed by atoms with Gasteiger partial charge in [-0.2, -0.15) is 0 Å². The third-order valence-electron chi connectivity index (χ3n) is 18.0. The molecule has 0 amide bonds. The second kappa shape index (κ2) is 17.5. The van der Waals surface area contributed by atoms with E-state index in [1.165, 1.54) is 108 Å². The Morgan fingerprint density at radius 2 is 0.760 bits per heavy atom. The van der Waals surface area contributed by atoms with Crippen LogP contribution >= 0.6 is 0 Å². The number of benzene rings is 10. The van der Waals surface area contributed by atoms with Crippen LogP contribution in [-0.2, 0) is 5.41 Å². The van der Waals surface area contributed by atoms with Gasteiger partial charge < -0.3 is 18.6 Å². The molecule has 10 aromatic carbocycles. The van der Waals surface area contributed by atoms with Crippen molar-refractivity contribution >= 4 is 99.5 Å². The van der Waals surface area contributed by atoms with E-state index in [0.717, 1.165) is 78.0 Å². The van der Waals surface area contributed by atoms with Gasteiger partial charge >= 0.3 is 0 Å². The SMILES string of the molecule is Cc1ccc(N(c2ccc3c4c(ccc3c2)-c2ccc3cc(N(c5ccc(C)cc5)c5cccc6c5oc5ccccc56)ccc3c2C4(C2CCCCC2)C2CCCCC2)c2cccc3c2oc2ccccc23)cc1. The normalized spacial score (nSPS) is 15.9. The summed E-state index contributed by atoms with van der Waals surface area (Å²) in [6.07, 6.45) is 12.9. The molecular weight excluding hydrogens is 913 g/mol. The fourth-order valence-electron chi connectivity index (χ4n) is 14.7. The molecule has 75 heavy (non-hydrogen) atoms. The van der Waals surface area contributed by atoms with Crippen LogP contribution in [0.3, 0.4) is 0 Å². The molecule has 12 aromatic rings. The summed E-state index contributed by atoms with van der Waals surface area (Å²) in [6.45, 7) is 4.33. The quantitative estimate of drug-likeness (QED) is 0.152. The predicted octanol–water partition coefficient (Wildman–Crippen LogP) is 20.8. The average Bonchev–Trinajstić information content (AvgIpc) is 4.15. The highest BCUT2D eigenvalue weighted by atomic mass is 16.3. The summed E-state index contributed by atoms with van der Waals surface area (Å²) in [5.41, 5.74) is 18.6. The van der Waals surface area contributed by atoms with Crippen LogP contribution in [0.4, 0.5) is 34.1 Å². The Labute approximate surface area is 438 Å². The van der Waals surface area contributed by atoms with Crippen molar-refractivity contribution in [2.75, 3.05) is 9.80 Å². The molecule has 2 fully saturated rings. The lowest BCUT2D eigenvalue weighted by Crippen LogP contribution is -2.44. The van der Waals surface area contributed by atoms with Gasteiger partial charge in [0.15, 0.2) is 11.2 Å². The maximum Gasteiger partial charge on any atom is 0.159 e. The lowest BCUT2D eigenvalue weighted by molar-refractivity contribution is 0.140. The smallest absolute Gasteiger partial charge is 0.159 e. The highest BCUT2D eigenvalue weighted by Gasteiger charge is 2.55. The summed E-state index contributed by atoms with van der Waals surface area (Å²) in [4.78, 5) is 4.83. The molecule has 0 unspecified atom stereocenters. The van der Waals surface area contributed by atoms with Gasteiger partial charge in [-0.1, -0.05) is 171 Å². The standard InChI is InChI=1S/C71H60N2O2/c1-45-27-33-51(34-28-45)72(63-23-13-21-61-57-19-9-11-25-65(57)74-69(61)63)53-37-41-55-47(43-53)31-39-59-60-40-32-48-44-54(38-42-56(48)68(60)71(67(55)59,49-15-5-3-6-16-49)50-17-7-4-8-18-50)73(52-35-29-46(2)30-36-52)64-24-14-22-62-58-20-10-12-26-66(58)75-70(62)64/h9-14,19-44,49-50H,3-8,15-18H2,1-2H3. The minimum atomic E-state index is -0.124. The fraction of sp³-hybridized carbons (Fsp3) is 0.211. The fourth-order valence-corrected chi connectivity index (χ4v) is 14.7. The molecule has 0 saturated heterocycles. The van der Waals surface area contributed by atoms with Crippen molar-refractivity contribution < 1.29 is 8.83 Å². The predicted molar refractivity (Wildman–Crippen MR) is 314 cm³/mol. The van der Waals surface area contributed by atoms with Crippen molar-refractivity contribution in [2.45, 2.75) is 83.5 Å². The molecule has 0 N–H and O–H groups in total. The molecule has 3 aliphatic rings. The lowest BCUT2D eigenvalue weighted by Gasteiger charge is -2.49. The van der Waals surface area contributed by atoms with E-state index in [4.69, 9.17) is 8.83 Å². The number of hydrogen-bond donors (Lipinski definition) is 0. The van der Waals surface area contributed by atoms with Crippen molar-refractivity contribution in [3.05, 3.63) is 216 Å². The Balaban J connectivity index is 0.940. The average molecular weight is 973 g/mol. The molecule has 0 aliphatic heterocycles. The molecule has 366 valence electrons. The van der Waals surface area contributed by atoms with Crippen molar-refractivity contribution in [2.24, 2.45) is 11.8 Å². The zero-order valence-electron chi connectivity index (χ0n) is 42.9. The number of para-hydroxylation sites is 4. The molecule has 4 heteroatoms. The van der Waals surface area contributed by atoms with Gasteiger partial charge in [-0.15, -0.1) is 0 Å². The molecule has 2 aromatic heterocycles. The lowest BCUT2D eigenvalue weighted by atomic mass is 9.54. The van der Waals surface area contributed by atoms with Crippen molar-refractivity contribution in [1.82, 2.24) is 0 Å². The minimum absolute atomic E-state index is 0.124. The maximum absolute atomic E-state index is 6.76. The van der Waals surface area contributed by atoms with Gasteiger partial charge in [0.05, 0.1) is 11.4 Å². The molecule has 0 bridgehead atoms. The first-order chi connectivity index (χ1) is 37.0. The van der Waals surface area contributed by atoms with Crippen LogP contribution in [0.1, 0.15) is 86.5 Å². The summed E-state index contributed by atoms with van der Waals surface area (Å²) >= 11 is 0. The van der Waals surface area contributed by atoms with Crippen molar-refractivity contribution in [3.8, 4) is 11.1 Å². The second-order valence-corrected chi connectivity index (χ2v) is 22.2. The Hall–Kier alpha value is -8.08. The zero-order valence-corrected chi connectivity index (χ0v) is 42.9. The number of fused-ring (bicyclic) bond motifs is 13. The van der Waals surface area contributed by atoms with E-state index in [-0.39, 0.29) is 5.41 Å². The van der Waals surface area contributed by atoms with Crippen LogP contribution in [-0.4, -0.2) is 0 Å². The highest BCUT2D eigenvalue weighted by molar-refractivity contribution is 6.13. The van der Waals surface area contributed by atoms with Crippen LogP contribution in [0.5, 0.6) is 0 Å². The molecule has 2 saturated carbocycles. The third kappa shape index (κ3) is 6.88. The Morgan fingerprint density at radius 1 is 0.360 bits per heavy atom. The second-order valence-electron chi connectivity index (χ2n) is 22.2. The van der Waals surface area contributed by atoms with Crippen molar-refractivity contribution in [3.63, 3.8) is 0 Å². The van der Waals surface area contributed by atoms with Crippen LogP contribution in [0.2, 0.25) is 0 Å². The van der Waals surface area contributed by atoms with Gasteiger partial charge in [0.1, 0.15) is 11.2 Å². The van der Waals surface area contributed by atoms with Gasteiger partial charge in [-0.05, 0) is 168 Å². The number of aryl methyl sites for hydroxylation is 2. The molecular formula is C71H60N2O2. The largest absolute Gasteiger partial charge is 0.454 e. The first-order valence-corrected chi connectivity index (χ1v) is 27.7. The summed E-state index contributed by atoms with van der Waals surface area (Å²) < 4.78 is 13.5.